The van der Waals surface area contributed by atoms with E-state index in [0.29, 0.717) is 6.04 Å². The van der Waals surface area contributed by atoms with E-state index >= 15 is 0 Å². The number of rotatable bonds is 8. The van der Waals surface area contributed by atoms with Crippen LogP contribution >= 0.6 is 0 Å². The molecule has 0 amide bonds. The van der Waals surface area contributed by atoms with E-state index in [9.17, 15) is 4.39 Å². The number of anilines is 1. The molecule has 1 N–H and O–H groups in total. The van der Waals surface area contributed by atoms with Crippen LogP contribution in [0.4, 0.5) is 10.1 Å². The molecular weight excluding hydrogens is 251 g/mol. The molecule has 1 unspecified atom stereocenters. The van der Waals surface area contributed by atoms with Crippen molar-refractivity contribution < 1.29 is 4.39 Å². The van der Waals surface area contributed by atoms with Crippen LogP contribution < -0.4 is 10.2 Å². The molecule has 1 fully saturated rings. The van der Waals surface area contributed by atoms with Crippen LogP contribution in [0.2, 0.25) is 0 Å². The zero-order chi connectivity index (χ0) is 14.5. The van der Waals surface area contributed by atoms with Gasteiger partial charge in [0.1, 0.15) is 5.82 Å². The zero-order valence-electron chi connectivity index (χ0n) is 13.0. The van der Waals surface area contributed by atoms with Crippen molar-refractivity contribution in [1.82, 2.24) is 5.32 Å². The Hall–Kier alpha value is -1.09. The summed E-state index contributed by atoms with van der Waals surface area (Å²) in [7, 11) is 0. The first-order valence-corrected chi connectivity index (χ1v) is 7.97. The summed E-state index contributed by atoms with van der Waals surface area (Å²) in [6.07, 6.45) is 4.55. The van der Waals surface area contributed by atoms with Gasteiger partial charge in [0.15, 0.2) is 0 Å². The number of nitrogens with one attached hydrogen (secondary N) is 1. The molecule has 1 aliphatic carbocycles. The van der Waals surface area contributed by atoms with Gasteiger partial charge in [-0.2, -0.15) is 0 Å². The molecular formula is C17H27FN2. The Labute approximate surface area is 122 Å². The third-order valence-corrected chi connectivity index (χ3v) is 3.92. The summed E-state index contributed by atoms with van der Waals surface area (Å²) in [5.41, 5.74) is 1.92. The fraction of sp³-hybridized carbons (Fsp3) is 0.647. The number of nitrogens with zero attached hydrogens (tertiary/aromatic N) is 1. The molecule has 1 atom stereocenters. The standard InChI is InChI=1S/C17H27FN2/c1-4-11-19-13(3)15-7-6-8-16(18)17(15)20(12-5-2)14-9-10-14/h6-8,13-14,19H,4-5,9-12H2,1-3H3. The molecule has 1 aromatic carbocycles. The lowest BCUT2D eigenvalue weighted by Gasteiger charge is -2.29. The minimum atomic E-state index is -0.0759. The molecule has 0 spiro atoms. The molecule has 0 aromatic heterocycles. The maximum atomic E-state index is 14.4. The van der Waals surface area contributed by atoms with Gasteiger partial charge in [-0.3, -0.25) is 0 Å². The molecule has 1 saturated carbocycles. The summed E-state index contributed by atoms with van der Waals surface area (Å²) in [6.45, 7) is 8.35. The largest absolute Gasteiger partial charge is 0.366 e. The van der Waals surface area contributed by atoms with Crippen molar-refractivity contribution in [2.24, 2.45) is 0 Å². The molecule has 0 aliphatic heterocycles. The summed E-state index contributed by atoms with van der Waals surface area (Å²) < 4.78 is 14.4. The predicted molar refractivity (Wildman–Crippen MR) is 83.8 cm³/mol. The van der Waals surface area contributed by atoms with Crippen LogP contribution in [-0.2, 0) is 0 Å². The van der Waals surface area contributed by atoms with E-state index in [0.717, 1.165) is 37.2 Å². The molecule has 20 heavy (non-hydrogen) atoms. The van der Waals surface area contributed by atoms with Crippen molar-refractivity contribution in [2.45, 2.75) is 58.5 Å². The lowest BCUT2D eigenvalue weighted by atomic mass is 10.0. The van der Waals surface area contributed by atoms with E-state index < -0.39 is 0 Å². The highest BCUT2D eigenvalue weighted by Crippen LogP contribution is 2.37. The van der Waals surface area contributed by atoms with E-state index in [1.54, 1.807) is 6.07 Å². The van der Waals surface area contributed by atoms with Crippen LogP contribution in [-0.4, -0.2) is 19.1 Å². The highest BCUT2D eigenvalue weighted by molar-refractivity contribution is 5.57. The average molecular weight is 278 g/mol. The average Bonchev–Trinajstić information content (AvgIpc) is 3.27. The van der Waals surface area contributed by atoms with Gasteiger partial charge in [0, 0.05) is 18.6 Å². The van der Waals surface area contributed by atoms with Gasteiger partial charge >= 0.3 is 0 Å². The molecule has 0 radical (unpaired) electrons. The minimum absolute atomic E-state index is 0.0759. The second-order valence-corrected chi connectivity index (χ2v) is 5.78. The topological polar surface area (TPSA) is 15.3 Å². The van der Waals surface area contributed by atoms with Crippen molar-refractivity contribution in [1.29, 1.82) is 0 Å². The molecule has 112 valence electrons. The van der Waals surface area contributed by atoms with E-state index in [4.69, 9.17) is 0 Å². The van der Waals surface area contributed by atoms with Crippen molar-refractivity contribution in [3.8, 4) is 0 Å². The normalized spacial score (nSPS) is 16.2. The predicted octanol–water partition coefficient (Wildman–Crippen LogP) is 4.27. The van der Waals surface area contributed by atoms with Gasteiger partial charge < -0.3 is 10.2 Å². The third kappa shape index (κ3) is 3.51. The summed E-state index contributed by atoms with van der Waals surface area (Å²) >= 11 is 0. The second-order valence-electron chi connectivity index (χ2n) is 5.78. The van der Waals surface area contributed by atoms with Gasteiger partial charge in [0.25, 0.3) is 0 Å². The smallest absolute Gasteiger partial charge is 0.146 e. The van der Waals surface area contributed by atoms with E-state index in [1.165, 1.54) is 12.8 Å². The molecule has 1 aromatic rings. The third-order valence-electron chi connectivity index (χ3n) is 3.92. The highest BCUT2D eigenvalue weighted by Gasteiger charge is 2.32. The molecule has 0 saturated heterocycles. The number of hydrogen-bond acceptors (Lipinski definition) is 2. The minimum Gasteiger partial charge on any atom is -0.366 e. The molecule has 2 nitrogen and oxygen atoms in total. The van der Waals surface area contributed by atoms with Crippen LogP contribution in [0.15, 0.2) is 18.2 Å². The fourth-order valence-corrected chi connectivity index (χ4v) is 2.76. The van der Waals surface area contributed by atoms with Gasteiger partial charge in [0.05, 0.1) is 5.69 Å². The maximum absolute atomic E-state index is 14.4. The van der Waals surface area contributed by atoms with Crippen LogP contribution in [0.3, 0.4) is 0 Å². The fourth-order valence-electron chi connectivity index (χ4n) is 2.76. The lowest BCUT2D eigenvalue weighted by Crippen LogP contribution is -2.30. The lowest BCUT2D eigenvalue weighted by molar-refractivity contribution is 0.556. The van der Waals surface area contributed by atoms with Crippen LogP contribution in [0.1, 0.15) is 58.1 Å². The number of benzene rings is 1. The molecule has 0 bridgehead atoms. The van der Waals surface area contributed by atoms with Crippen LogP contribution in [0.25, 0.3) is 0 Å². The Kier molecular flexibility index (Phi) is 5.41. The first-order chi connectivity index (χ1) is 9.69. The molecule has 2 rings (SSSR count). The Morgan fingerprint density at radius 3 is 2.65 bits per heavy atom. The second kappa shape index (κ2) is 7.07. The van der Waals surface area contributed by atoms with E-state index in [1.807, 2.05) is 6.07 Å². The zero-order valence-corrected chi connectivity index (χ0v) is 13.0. The first-order valence-electron chi connectivity index (χ1n) is 7.97. The molecule has 3 heteroatoms. The Bertz CT molecular complexity index is 429. The molecule has 1 aliphatic rings. The Morgan fingerprint density at radius 2 is 2.05 bits per heavy atom. The Balaban J connectivity index is 2.29. The number of para-hydroxylation sites is 1. The summed E-state index contributed by atoms with van der Waals surface area (Å²) in [5.74, 6) is -0.0759. The van der Waals surface area contributed by atoms with Gasteiger partial charge in [-0.15, -0.1) is 0 Å². The van der Waals surface area contributed by atoms with Crippen molar-refractivity contribution >= 4 is 5.69 Å². The van der Waals surface area contributed by atoms with Gasteiger partial charge in [0.2, 0.25) is 0 Å². The van der Waals surface area contributed by atoms with Crippen molar-refractivity contribution in [3.05, 3.63) is 29.6 Å². The van der Waals surface area contributed by atoms with Crippen molar-refractivity contribution in [3.63, 3.8) is 0 Å². The number of hydrogen-bond donors (Lipinski definition) is 1. The summed E-state index contributed by atoms with van der Waals surface area (Å²) in [6, 6.07) is 6.23. The van der Waals surface area contributed by atoms with Crippen molar-refractivity contribution in [2.75, 3.05) is 18.0 Å². The van der Waals surface area contributed by atoms with Crippen LogP contribution in [0, 0.1) is 5.82 Å². The monoisotopic (exact) mass is 278 g/mol. The van der Waals surface area contributed by atoms with Gasteiger partial charge in [-0.1, -0.05) is 26.0 Å². The van der Waals surface area contributed by atoms with Gasteiger partial charge in [-0.05, 0) is 50.8 Å². The first kappa shape index (κ1) is 15.3. The van der Waals surface area contributed by atoms with E-state index in [2.05, 4.69) is 37.1 Å². The molecule has 0 heterocycles. The SMILES string of the molecule is CCCNC(C)c1cccc(F)c1N(CCC)C1CC1. The highest BCUT2D eigenvalue weighted by atomic mass is 19.1. The quantitative estimate of drug-likeness (QED) is 0.764. The van der Waals surface area contributed by atoms with E-state index in [-0.39, 0.29) is 11.9 Å². The van der Waals surface area contributed by atoms with Crippen LogP contribution in [0.5, 0.6) is 0 Å². The number of halogens is 1. The summed E-state index contributed by atoms with van der Waals surface area (Å²) in [4.78, 5) is 2.29. The maximum Gasteiger partial charge on any atom is 0.146 e. The van der Waals surface area contributed by atoms with Gasteiger partial charge in [-0.25, -0.2) is 4.39 Å². The Morgan fingerprint density at radius 1 is 1.30 bits per heavy atom. The summed E-state index contributed by atoms with van der Waals surface area (Å²) in [5, 5.41) is 3.48.